The molecule has 3 aromatic rings. The second kappa shape index (κ2) is 10.7. The zero-order valence-corrected chi connectivity index (χ0v) is 17.6. The van der Waals surface area contributed by atoms with Gasteiger partial charge in [0.25, 0.3) is 0 Å². The highest BCUT2D eigenvalue weighted by molar-refractivity contribution is 5.78. The van der Waals surface area contributed by atoms with E-state index in [0.29, 0.717) is 19.6 Å². The van der Waals surface area contributed by atoms with Gasteiger partial charge in [-0.3, -0.25) is 14.8 Å². The van der Waals surface area contributed by atoms with Crippen LogP contribution in [0.25, 0.3) is 11.3 Å². The van der Waals surface area contributed by atoms with Crippen LogP contribution in [0.2, 0.25) is 0 Å². The summed E-state index contributed by atoms with van der Waals surface area (Å²) < 4.78 is 13.1. The Morgan fingerprint density at radius 3 is 2.53 bits per heavy atom. The molecule has 0 saturated carbocycles. The van der Waals surface area contributed by atoms with Crippen molar-refractivity contribution in [3.8, 4) is 11.3 Å². The molecular weight excluding hydrogens is 379 g/mol. The van der Waals surface area contributed by atoms with Crippen molar-refractivity contribution in [2.24, 2.45) is 0 Å². The van der Waals surface area contributed by atoms with Crippen LogP contribution in [-0.2, 0) is 17.8 Å². The van der Waals surface area contributed by atoms with Crippen LogP contribution in [-0.4, -0.2) is 52.6 Å². The predicted octanol–water partition coefficient (Wildman–Crippen LogP) is 4.13. The van der Waals surface area contributed by atoms with E-state index in [-0.39, 0.29) is 11.7 Å². The Morgan fingerprint density at radius 1 is 1.10 bits per heavy atom. The standard InChI is InChI=1S/C24H29FN4O/c1-3-29(17-19-8-5-4-6-9-19)24(30)18-28(2)15-7-10-22-16-23(27-26-22)20-11-13-21(25)14-12-20/h4-6,8-9,11-14,16H,3,7,10,15,17-18H2,1-2H3,(H,26,27). The van der Waals surface area contributed by atoms with Crippen LogP contribution in [0.3, 0.4) is 0 Å². The average molecular weight is 409 g/mol. The molecule has 0 bridgehead atoms. The molecular formula is C24H29FN4O. The first kappa shape index (κ1) is 21.7. The quantitative estimate of drug-likeness (QED) is 0.549. The minimum Gasteiger partial charge on any atom is -0.338 e. The minimum atomic E-state index is -0.252. The van der Waals surface area contributed by atoms with E-state index in [1.54, 1.807) is 12.1 Å². The van der Waals surface area contributed by atoms with Gasteiger partial charge in [0, 0.05) is 24.3 Å². The number of hydrogen-bond acceptors (Lipinski definition) is 3. The van der Waals surface area contributed by atoms with Crippen LogP contribution in [0.15, 0.2) is 60.7 Å². The molecule has 0 unspecified atom stereocenters. The van der Waals surface area contributed by atoms with Crippen LogP contribution in [0, 0.1) is 5.82 Å². The molecule has 0 radical (unpaired) electrons. The molecule has 1 amide bonds. The summed E-state index contributed by atoms with van der Waals surface area (Å²) in [5.41, 5.74) is 3.88. The number of nitrogens with zero attached hydrogens (tertiary/aromatic N) is 3. The lowest BCUT2D eigenvalue weighted by Gasteiger charge is -2.24. The zero-order chi connectivity index (χ0) is 21.3. The molecule has 2 aromatic carbocycles. The number of aromatic amines is 1. The summed E-state index contributed by atoms with van der Waals surface area (Å²) in [6, 6.07) is 18.4. The molecule has 0 aliphatic carbocycles. The van der Waals surface area contributed by atoms with E-state index in [4.69, 9.17) is 0 Å². The minimum absolute atomic E-state index is 0.143. The monoisotopic (exact) mass is 408 g/mol. The SMILES string of the molecule is CCN(Cc1ccccc1)C(=O)CN(C)CCCc1cc(-c2ccc(F)cc2)n[nH]1. The number of rotatable bonds is 10. The topological polar surface area (TPSA) is 52.2 Å². The van der Waals surface area contributed by atoms with Gasteiger partial charge in [0.1, 0.15) is 5.82 Å². The van der Waals surface area contributed by atoms with Crippen molar-refractivity contribution in [2.45, 2.75) is 26.3 Å². The Bertz CT molecular complexity index is 924. The van der Waals surface area contributed by atoms with Crippen LogP contribution in [0.1, 0.15) is 24.6 Å². The van der Waals surface area contributed by atoms with Gasteiger partial charge < -0.3 is 4.90 Å². The molecule has 0 atom stereocenters. The molecule has 5 nitrogen and oxygen atoms in total. The first-order chi connectivity index (χ1) is 14.5. The Labute approximate surface area is 177 Å². The summed E-state index contributed by atoms with van der Waals surface area (Å²) in [5.74, 6) is -0.110. The van der Waals surface area contributed by atoms with Crippen LogP contribution >= 0.6 is 0 Å². The van der Waals surface area contributed by atoms with Gasteiger partial charge in [-0.1, -0.05) is 30.3 Å². The van der Waals surface area contributed by atoms with Crippen molar-refractivity contribution >= 4 is 5.91 Å². The number of likely N-dealkylation sites (N-methyl/N-ethyl adjacent to an activating group) is 2. The number of nitrogens with one attached hydrogen (secondary N) is 1. The predicted molar refractivity (Wildman–Crippen MR) is 117 cm³/mol. The van der Waals surface area contributed by atoms with Crippen LogP contribution in [0.4, 0.5) is 4.39 Å². The highest BCUT2D eigenvalue weighted by Crippen LogP contribution is 2.18. The molecule has 30 heavy (non-hydrogen) atoms. The van der Waals surface area contributed by atoms with Gasteiger partial charge in [-0.05, 0) is 69.3 Å². The molecule has 1 N–H and O–H groups in total. The maximum Gasteiger partial charge on any atom is 0.237 e. The number of H-pyrrole nitrogens is 1. The Hall–Kier alpha value is -2.99. The van der Waals surface area contributed by atoms with E-state index in [1.807, 2.05) is 55.3 Å². The molecule has 1 aromatic heterocycles. The van der Waals surface area contributed by atoms with Gasteiger partial charge in [0.2, 0.25) is 5.91 Å². The first-order valence-electron chi connectivity index (χ1n) is 10.4. The molecule has 158 valence electrons. The summed E-state index contributed by atoms with van der Waals surface area (Å²) in [6.07, 6.45) is 1.76. The zero-order valence-electron chi connectivity index (χ0n) is 17.6. The lowest BCUT2D eigenvalue weighted by molar-refractivity contribution is -0.132. The highest BCUT2D eigenvalue weighted by atomic mass is 19.1. The van der Waals surface area contributed by atoms with Crippen molar-refractivity contribution in [1.82, 2.24) is 20.0 Å². The number of carbonyl (C=O) groups is 1. The fourth-order valence-corrected chi connectivity index (χ4v) is 3.39. The summed E-state index contributed by atoms with van der Waals surface area (Å²) in [4.78, 5) is 16.6. The lowest BCUT2D eigenvalue weighted by Crippen LogP contribution is -2.38. The van der Waals surface area contributed by atoms with Gasteiger partial charge in [-0.15, -0.1) is 0 Å². The van der Waals surface area contributed by atoms with E-state index in [2.05, 4.69) is 15.1 Å². The Kier molecular flexibility index (Phi) is 7.74. The van der Waals surface area contributed by atoms with E-state index in [1.165, 1.54) is 12.1 Å². The molecule has 0 aliphatic heterocycles. The summed E-state index contributed by atoms with van der Waals surface area (Å²) >= 11 is 0. The van der Waals surface area contributed by atoms with E-state index in [0.717, 1.165) is 41.9 Å². The fraction of sp³-hybridized carbons (Fsp3) is 0.333. The van der Waals surface area contributed by atoms with Crippen molar-refractivity contribution < 1.29 is 9.18 Å². The van der Waals surface area contributed by atoms with E-state index < -0.39 is 0 Å². The third-order valence-corrected chi connectivity index (χ3v) is 5.11. The normalized spacial score (nSPS) is 11.1. The smallest absolute Gasteiger partial charge is 0.237 e. The largest absolute Gasteiger partial charge is 0.338 e. The van der Waals surface area contributed by atoms with Crippen LogP contribution in [0.5, 0.6) is 0 Å². The molecule has 0 fully saturated rings. The lowest BCUT2D eigenvalue weighted by atomic mass is 10.1. The number of amides is 1. The fourth-order valence-electron chi connectivity index (χ4n) is 3.39. The van der Waals surface area contributed by atoms with Crippen molar-refractivity contribution in [3.63, 3.8) is 0 Å². The second-order valence-electron chi connectivity index (χ2n) is 7.52. The van der Waals surface area contributed by atoms with Crippen molar-refractivity contribution in [3.05, 3.63) is 77.7 Å². The summed E-state index contributed by atoms with van der Waals surface area (Å²) in [5, 5.41) is 7.37. The average Bonchev–Trinajstić information content (AvgIpc) is 3.22. The molecule has 6 heteroatoms. The number of aromatic nitrogens is 2. The van der Waals surface area contributed by atoms with Crippen molar-refractivity contribution in [1.29, 1.82) is 0 Å². The first-order valence-corrected chi connectivity index (χ1v) is 10.4. The van der Waals surface area contributed by atoms with E-state index in [9.17, 15) is 9.18 Å². The summed E-state index contributed by atoms with van der Waals surface area (Å²) in [6.45, 7) is 4.58. The third-order valence-electron chi connectivity index (χ3n) is 5.11. The Morgan fingerprint density at radius 2 is 1.83 bits per heavy atom. The number of carbonyl (C=O) groups excluding carboxylic acids is 1. The molecule has 0 aliphatic rings. The molecule has 3 rings (SSSR count). The van der Waals surface area contributed by atoms with Gasteiger partial charge >= 0.3 is 0 Å². The highest BCUT2D eigenvalue weighted by Gasteiger charge is 2.14. The maximum atomic E-state index is 13.1. The van der Waals surface area contributed by atoms with Crippen molar-refractivity contribution in [2.75, 3.05) is 26.7 Å². The van der Waals surface area contributed by atoms with E-state index >= 15 is 0 Å². The summed E-state index contributed by atoms with van der Waals surface area (Å²) in [7, 11) is 1.98. The number of benzene rings is 2. The third kappa shape index (κ3) is 6.26. The van der Waals surface area contributed by atoms with Gasteiger partial charge in [0.05, 0.1) is 12.2 Å². The number of hydrogen-bond donors (Lipinski definition) is 1. The van der Waals surface area contributed by atoms with Crippen LogP contribution < -0.4 is 0 Å². The second-order valence-corrected chi connectivity index (χ2v) is 7.52. The van der Waals surface area contributed by atoms with Gasteiger partial charge in [-0.2, -0.15) is 5.10 Å². The molecule has 1 heterocycles. The number of aryl methyl sites for hydroxylation is 1. The van der Waals surface area contributed by atoms with Gasteiger partial charge in [0.15, 0.2) is 0 Å². The molecule has 0 saturated heterocycles. The molecule has 0 spiro atoms. The Balaban J connectivity index is 1.43. The number of halogens is 1. The maximum absolute atomic E-state index is 13.1. The van der Waals surface area contributed by atoms with Gasteiger partial charge in [-0.25, -0.2) is 4.39 Å².